The molecule has 0 aromatic heterocycles. The maximum absolute atomic E-state index is 12.7. The Balaban J connectivity index is 1.77. The molecule has 2 fully saturated rings. The number of benzene rings is 1. The number of aldehydes is 1. The van der Waals surface area contributed by atoms with Crippen molar-refractivity contribution in [1.29, 1.82) is 0 Å². The van der Waals surface area contributed by atoms with Crippen LogP contribution in [0.15, 0.2) is 24.3 Å². The summed E-state index contributed by atoms with van der Waals surface area (Å²) in [6.07, 6.45) is 0.556. The van der Waals surface area contributed by atoms with Gasteiger partial charge >= 0.3 is 6.03 Å². The molecule has 1 N–H and O–H groups in total. The van der Waals surface area contributed by atoms with Crippen molar-refractivity contribution >= 4 is 12.3 Å². The van der Waals surface area contributed by atoms with Gasteiger partial charge in [0.15, 0.2) is 0 Å². The molecule has 0 bridgehead atoms. The van der Waals surface area contributed by atoms with Crippen LogP contribution in [0.2, 0.25) is 0 Å². The third-order valence-corrected chi connectivity index (χ3v) is 5.00. The molecule has 0 spiro atoms. The average Bonchev–Trinajstić information content (AvgIpc) is 2.89. The molecule has 0 aliphatic carbocycles. The molecule has 0 radical (unpaired) electrons. The van der Waals surface area contributed by atoms with Crippen molar-refractivity contribution < 1.29 is 19.4 Å². The van der Waals surface area contributed by atoms with Crippen molar-refractivity contribution in [3.05, 3.63) is 29.8 Å². The molecule has 124 valence electrons. The zero-order valence-electron chi connectivity index (χ0n) is 13.4. The molecule has 23 heavy (non-hydrogen) atoms. The van der Waals surface area contributed by atoms with E-state index in [0.29, 0.717) is 19.5 Å². The van der Waals surface area contributed by atoms with E-state index >= 15 is 0 Å². The number of urea groups is 1. The highest BCUT2D eigenvalue weighted by Gasteiger charge is 2.49. The number of hydrogen-bond donors (Lipinski definition) is 1. The number of ether oxygens (including phenoxy) is 1. The molecule has 6 nitrogen and oxygen atoms in total. The van der Waals surface area contributed by atoms with Crippen LogP contribution in [-0.4, -0.2) is 59.1 Å². The van der Waals surface area contributed by atoms with Gasteiger partial charge in [-0.15, -0.1) is 0 Å². The Bertz CT molecular complexity index is 589. The first-order chi connectivity index (χ1) is 11.0. The zero-order chi connectivity index (χ0) is 16.6. The van der Waals surface area contributed by atoms with Gasteiger partial charge in [-0.2, -0.15) is 0 Å². The van der Waals surface area contributed by atoms with Gasteiger partial charge in [0.2, 0.25) is 0 Å². The summed E-state index contributed by atoms with van der Waals surface area (Å²) in [4.78, 5) is 27.4. The minimum atomic E-state index is -0.541. The first-order valence-corrected chi connectivity index (χ1v) is 7.88. The number of fused-ring (bicyclic) bond motifs is 1. The van der Waals surface area contributed by atoms with E-state index < -0.39 is 12.1 Å². The molecular formula is C17H22N2O4. The Kier molecular flexibility index (Phi) is 4.26. The predicted molar refractivity (Wildman–Crippen MR) is 84.1 cm³/mol. The van der Waals surface area contributed by atoms with E-state index in [1.54, 1.807) is 16.9 Å². The normalized spacial score (nSPS) is 30.3. The van der Waals surface area contributed by atoms with Gasteiger partial charge in [0, 0.05) is 25.4 Å². The minimum Gasteiger partial charge on any atom is -0.497 e. The maximum Gasteiger partial charge on any atom is 0.321 e. The number of nitrogens with zero attached hydrogens (tertiary/aromatic N) is 2. The summed E-state index contributed by atoms with van der Waals surface area (Å²) in [5, 5.41) is 10.1. The molecule has 4 atom stereocenters. The van der Waals surface area contributed by atoms with Crippen molar-refractivity contribution in [3.8, 4) is 5.75 Å². The summed E-state index contributed by atoms with van der Waals surface area (Å²) in [6, 6.07) is 6.83. The number of aliphatic hydroxyl groups is 1. The molecular weight excluding hydrogens is 296 g/mol. The topological polar surface area (TPSA) is 70.1 Å². The van der Waals surface area contributed by atoms with Crippen LogP contribution >= 0.6 is 0 Å². The van der Waals surface area contributed by atoms with Crippen LogP contribution in [-0.2, 0) is 11.3 Å². The third kappa shape index (κ3) is 2.79. The van der Waals surface area contributed by atoms with Gasteiger partial charge in [0.05, 0.1) is 25.3 Å². The lowest BCUT2D eigenvalue weighted by Gasteiger charge is -2.40. The lowest BCUT2D eigenvalue weighted by molar-refractivity contribution is -0.116. The number of rotatable bonds is 4. The predicted octanol–water partition coefficient (Wildman–Crippen LogP) is 1.27. The Morgan fingerprint density at radius 1 is 1.35 bits per heavy atom. The highest BCUT2D eigenvalue weighted by atomic mass is 16.5. The molecule has 2 heterocycles. The monoisotopic (exact) mass is 318 g/mol. The standard InChI is InChI=1S/C17H22N2O4/c1-11-15-9-18(8-12-3-5-14(23-2)6-4-12)17(22)19(15)13(10-20)7-16(11)21/h3-6,10-11,13,15-16,21H,7-9H2,1-2H3/t11-,13-,15-,16+/m1/s1. The van der Waals surface area contributed by atoms with Crippen LogP contribution in [0.1, 0.15) is 18.9 Å². The molecule has 1 aromatic carbocycles. The molecule has 0 saturated carbocycles. The number of aliphatic hydroxyl groups excluding tert-OH is 1. The Morgan fingerprint density at radius 2 is 2.04 bits per heavy atom. The lowest BCUT2D eigenvalue weighted by Crippen LogP contribution is -2.55. The van der Waals surface area contributed by atoms with E-state index in [2.05, 4.69) is 0 Å². The Morgan fingerprint density at radius 3 is 2.65 bits per heavy atom. The molecule has 2 saturated heterocycles. The first-order valence-electron chi connectivity index (χ1n) is 7.88. The van der Waals surface area contributed by atoms with E-state index in [9.17, 15) is 14.7 Å². The number of amides is 2. The zero-order valence-corrected chi connectivity index (χ0v) is 13.4. The fourth-order valence-electron chi connectivity index (χ4n) is 3.54. The summed E-state index contributed by atoms with van der Waals surface area (Å²) >= 11 is 0. The van der Waals surface area contributed by atoms with Gasteiger partial charge in [-0.1, -0.05) is 19.1 Å². The SMILES string of the molecule is COc1ccc(CN2C[C@@H]3[C@@H](C)[C@@H](O)C[C@H](C=O)N3C2=O)cc1. The number of methoxy groups -OCH3 is 1. The van der Waals surface area contributed by atoms with Gasteiger partial charge in [0.25, 0.3) is 0 Å². The number of hydrogen-bond acceptors (Lipinski definition) is 4. The van der Waals surface area contributed by atoms with E-state index in [0.717, 1.165) is 17.6 Å². The van der Waals surface area contributed by atoms with E-state index in [1.807, 2.05) is 31.2 Å². The second-order valence-electron chi connectivity index (χ2n) is 6.35. The van der Waals surface area contributed by atoms with Gasteiger partial charge < -0.3 is 24.4 Å². The first kappa shape index (κ1) is 15.8. The third-order valence-electron chi connectivity index (χ3n) is 5.00. The summed E-state index contributed by atoms with van der Waals surface area (Å²) in [5.41, 5.74) is 1.01. The van der Waals surface area contributed by atoms with Crippen molar-refractivity contribution in [2.75, 3.05) is 13.7 Å². The number of piperidine rings is 1. The fraction of sp³-hybridized carbons (Fsp3) is 0.529. The van der Waals surface area contributed by atoms with Crippen LogP contribution in [0.25, 0.3) is 0 Å². The van der Waals surface area contributed by atoms with Crippen LogP contribution in [0.4, 0.5) is 4.79 Å². The molecule has 2 aliphatic heterocycles. The second kappa shape index (κ2) is 6.20. The fourth-order valence-corrected chi connectivity index (χ4v) is 3.54. The van der Waals surface area contributed by atoms with Crippen molar-refractivity contribution in [3.63, 3.8) is 0 Å². The highest BCUT2D eigenvalue weighted by Crippen LogP contribution is 2.34. The summed E-state index contributed by atoms with van der Waals surface area (Å²) in [5.74, 6) is 0.743. The smallest absolute Gasteiger partial charge is 0.321 e. The Labute approximate surface area is 135 Å². The van der Waals surface area contributed by atoms with Crippen LogP contribution in [0, 0.1) is 5.92 Å². The van der Waals surface area contributed by atoms with Crippen LogP contribution < -0.4 is 4.74 Å². The van der Waals surface area contributed by atoms with Crippen molar-refractivity contribution in [2.45, 2.75) is 38.1 Å². The molecule has 2 amide bonds. The number of carbonyl (C=O) groups is 2. The maximum atomic E-state index is 12.7. The van der Waals surface area contributed by atoms with Crippen molar-refractivity contribution in [1.82, 2.24) is 9.80 Å². The molecule has 2 aliphatic rings. The van der Waals surface area contributed by atoms with E-state index in [1.165, 1.54) is 0 Å². The van der Waals surface area contributed by atoms with Gasteiger partial charge in [-0.25, -0.2) is 4.79 Å². The summed E-state index contributed by atoms with van der Waals surface area (Å²) in [6.45, 7) is 2.96. The van der Waals surface area contributed by atoms with Gasteiger partial charge in [0.1, 0.15) is 12.0 Å². The Hall–Kier alpha value is -2.08. The summed E-state index contributed by atoms with van der Waals surface area (Å²) < 4.78 is 5.14. The van der Waals surface area contributed by atoms with E-state index in [4.69, 9.17) is 4.74 Å². The number of carbonyl (C=O) groups excluding carboxylic acids is 2. The molecule has 6 heteroatoms. The minimum absolute atomic E-state index is 0.0315. The molecule has 0 unspecified atom stereocenters. The summed E-state index contributed by atoms with van der Waals surface area (Å²) in [7, 11) is 1.61. The van der Waals surface area contributed by atoms with Crippen LogP contribution in [0.5, 0.6) is 5.75 Å². The second-order valence-corrected chi connectivity index (χ2v) is 6.35. The van der Waals surface area contributed by atoms with Crippen LogP contribution in [0.3, 0.4) is 0 Å². The lowest BCUT2D eigenvalue weighted by atomic mass is 9.85. The van der Waals surface area contributed by atoms with E-state index in [-0.39, 0.29) is 18.0 Å². The highest BCUT2D eigenvalue weighted by molar-refractivity contribution is 5.81. The van der Waals surface area contributed by atoms with Gasteiger partial charge in [-0.3, -0.25) is 0 Å². The average molecular weight is 318 g/mol. The largest absolute Gasteiger partial charge is 0.497 e. The quantitative estimate of drug-likeness (QED) is 0.849. The molecule has 3 rings (SSSR count). The van der Waals surface area contributed by atoms with Crippen molar-refractivity contribution in [2.24, 2.45) is 5.92 Å². The van der Waals surface area contributed by atoms with Gasteiger partial charge in [-0.05, 0) is 17.7 Å². The molecule has 1 aromatic rings.